The van der Waals surface area contributed by atoms with Crippen LogP contribution in [-0.2, 0) is 9.47 Å². The van der Waals surface area contributed by atoms with Gasteiger partial charge in [0.25, 0.3) is 0 Å². The Morgan fingerprint density at radius 3 is 0.788 bits per heavy atom. The van der Waals surface area contributed by atoms with E-state index >= 15 is 0 Å². The highest BCUT2D eigenvalue weighted by molar-refractivity contribution is 4.82. The van der Waals surface area contributed by atoms with Crippen LogP contribution in [0.15, 0.2) is 24.3 Å². The quantitative estimate of drug-likeness (QED) is 0.0347. The number of unbranched alkanes of at least 4 members (excludes halogenated alkanes) is 24. The minimum absolute atomic E-state index is 0.126. The minimum atomic E-state index is 0.126. The fourth-order valence-electron chi connectivity index (χ4n) is 8.82. The zero-order valence-electron chi connectivity index (χ0n) is 44.1. The molecule has 0 aromatic rings. The van der Waals surface area contributed by atoms with Crippen LogP contribution in [0.4, 0.5) is 0 Å². The van der Waals surface area contributed by atoms with Gasteiger partial charge in [-0.1, -0.05) is 154 Å². The highest BCUT2D eigenvalue weighted by atomic mass is 16.5. The molecule has 66 heavy (non-hydrogen) atoms. The number of allylic oxidation sites excluding steroid dienone is 4. The molecule has 0 rings (SSSR count). The molecule has 0 aromatic heterocycles. The van der Waals surface area contributed by atoms with Crippen molar-refractivity contribution in [2.24, 2.45) is 0 Å². The summed E-state index contributed by atoms with van der Waals surface area (Å²) in [4.78, 5) is 9.39. The summed E-state index contributed by atoms with van der Waals surface area (Å²) in [5.74, 6) is 0. The van der Waals surface area contributed by atoms with E-state index in [1.165, 1.54) is 180 Å². The third kappa shape index (κ3) is 49.5. The summed E-state index contributed by atoms with van der Waals surface area (Å²) in [6, 6.07) is 0. The fraction of sp³-hybridized carbons (Fsp3) is 0.929. The van der Waals surface area contributed by atoms with Crippen LogP contribution < -0.4 is 0 Å². The number of aliphatic hydroxyl groups excluding tert-OH is 4. The number of aliphatic hydroxyl groups is 4. The van der Waals surface area contributed by atoms with Gasteiger partial charge in [-0.2, -0.15) is 0 Å². The first-order valence-corrected chi connectivity index (χ1v) is 28.4. The number of ether oxygens (including phenoxy) is 2. The zero-order valence-corrected chi connectivity index (χ0v) is 44.1. The Labute approximate surface area is 410 Å². The molecule has 0 bridgehead atoms. The molecule has 0 fully saturated rings. The summed E-state index contributed by atoms with van der Waals surface area (Å²) in [6.07, 6.45) is 48.7. The van der Waals surface area contributed by atoms with Gasteiger partial charge in [0, 0.05) is 39.3 Å². The van der Waals surface area contributed by atoms with Crippen molar-refractivity contribution in [3.63, 3.8) is 0 Å². The third-order valence-corrected chi connectivity index (χ3v) is 13.0. The van der Waals surface area contributed by atoms with Crippen molar-refractivity contribution in [1.82, 2.24) is 19.6 Å². The van der Waals surface area contributed by atoms with E-state index in [1.807, 2.05) is 0 Å². The molecule has 10 heteroatoms. The van der Waals surface area contributed by atoms with Crippen LogP contribution in [0.1, 0.15) is 206 Å². The molecular weight excluding hydrogens is 825 g/mol. The SMILES string of the molecule is CCCCCCCCC=CCCCCCCCCN(CCCN(CCO)CCO)CCOCCOCCN(CCCCCCCCC=CCCCCCCCC)CCCN(CCO)CCO. The van der Waals surface area contributed by atoms with E-state index in [1.54, 1.807) is 0 Å². The van der Waals surface area contributed by atoms with Crippen LogP contribution in [0.5, 0.6) is 0 Å². The maximum Gasteiger partial charge on any atom is 0.0701 e. The molecule has 0 unspecified atom stereocenters. The molecular formula is C56H114N4O6. The summed E-state index contributed by atoms with van der Waals surface area (Å²) in [5.41, 5.74) is 0. The molecule has 0 aliphatic heterocycles. The van der Waals surface area contributed by atoms with Gasteiger partial charge in [-0.25, -0.2) is 0 Å². The highest BCUT2D eigenvalue weighted by Gasteiger charge is 2.10. The Hall–Kier alpha value is -0.920. The molecule has 0 heterocycles. The van der Waals surface area contributed by atoms with Gasteiger partial charge in [0.05, 0.1) is 52.9 Å². The van der Waals surface area contributed by atoms with E-state index in [0.29, 0.717) is 52.6 Å². The summed E-state index contributed by atoms with van der Waals surface area (Å²) < 4.78 is 12.2. The van der Waals surface area contributed by atoms with Crippen molar-refractivity contribution in [2.75, 3.05) is 131 Å². The molecule has 0 saturated heterocycles. The van der Waals surface area contributed by atoms with Crippen LogP contribution in [-0.4, -0.2) is 171 Å². The van der Waals surface area contributed by atoms with Gasteiger partial charge in [-0.15, -0.1) is 0 Å². The van der Waals surface area contributed by atoms with Crippen molar-refractivity contribution in [2.45, 2.75) is 206 Å². The smallest absolute Gasteiger partial charge is 0.0701 e. The molecule has 10 nitrogen and oxygen atoms in total. The average Bonchev–Trinajstić information content (AvgIpc) is 3.31. The van der Waals surface area contributed by atoms with E-state index in [4.69, 9.17) is 9.47 Å². The Morgan fingerprint density at radius 1 is 0.258 bits per heavy atom. The highest BCUT2D eigenvalue weighted by Crippen LogP contribution is 2.13. The molecule has 0 radical (unpaired) electrons. The zero-order chi connectivity index (χ0) is 47.9. The van der Waals surface area contributed by atoms with Gasteiger partial charge >= 0.3 is 0 Å². The van der Waals surface area contributed by atoms with Crippen LogP contribution in [0.25, 0.3) is 0 Å². The third-order valence-electron chi connectivity index (χ3n) is 13.0. The molecule has 4 N–H and O–H groups in total. The lowest BCUT2D eigenvalue weighted by molar-refractivity contribution is 0.0300. The molecule has 0 atom stereocenters. The predicted octanol–water partition coefficient (Wildman–Crippen LogP) is 11.1. The summed E-state index contributed by atoms with van der Waals surface area (Å²) in [5, 5.41) is 37.8. The summed E-state index contributed by atoms with van der Waals surface area (Å²) in [6.45, 7) is 17.9. The lowest BCUT2D eigenvalue weighted by atomic mass is 10.1. The summed E-state index contributed by atoms with van der Waals surface area (Å²) >= 11 is 0. The van der Waals surface area contributed by atoms with Crippen LogP contribution >= 0.6 is 0 Å². The molecule has 0 aliphatic carbocycles. The van der Waals surface area contributed by atoms with E-state index < -0.39 is 0 Å². The Kier molecular flexibility index (Phi) is 55.9. The van der Waals surface area contributed by atoms with E-state index in [9.17, 15) is 20.4 Å². The van der Waals surface area contributed by atoms with Crippen molar-refractivity contribution < 1.29 is 29.9 Å². The number of nitrogens with zero attached hydrogens (tertiary/aromatic N) is 4. The lowest BCUT2D eigenvalue weighted by Crippen LogP contribution is -2.35. The van der Waals surface area contributed by atoms with E-state index in [0.717, 1.165) is 65.2 Å². The van der Waals surface area contributed by atoms with Crippen molar-refractivity contribution in [3.05, 3.63) is 24.3 Å². The van der Waals surface area contributed by atoms with Gasteiger partial charge in [-0.05, 0) is 116 Å². The van der Waals surface area contributed by atoms with Gasteiger partial charge < -0.3 is 39.7 Å². The second-order valence-corrected chi connectivity index (χ2v) is 19.1. The van der Waals surface area contributed by atoms with Crippen molar-refractivity contribution >= 4 is 0 Å². The fourth-order valence-corrected chi connectivity index (χ4v) is 8.82. The van der Waals surface area contributed by atoms with Crippen molar-refractivity contribution in [3.8, 4) is 0 Å². The van der Waals surface area contributed by atoms with Crippen molar-refractivity contribution in [1.29, 1.82) is 0 Å². The van der Waals surface area contributed by atoms with Gasteiger partial charge in [0.1, 0.15) is 0 Å². The second-order valence-electron chi connectivity index (χ2n) is 19.1. The monoisotopic (exact) mass is 939 g/mol. The maximum absolute atomic E-state index is 9.45. The largest absolute Gasteiger partial charge is 0.395 e. The molecule has 0 spiro atoms. The Bertz CT molecular complexity index is 875. The van der Waals surface area contributed by atoms with E-state index in [-0.39, 0.29) is 26.4 Å². The minimum Gasteiger partial charge on any atom is -0.395 e. The first-order valence-electron chi connectivity index (χ1n) is 28.4. The standard InChI is InChI=1S/C56H114N4O6/c1-3-5-7-9-11-13-15-17-19-21-23-25-27-29-31-33-37-57(39-35-41-59(43-49-61)44-50-62)47-53-65-55-56-66-54-48-58(40-36-42-60(45-51-63)46-52-64)38-34-32-30-28-26-24-22-20-18-16-14-12-10-8-6-4-2/h17-20,61-64H,3-16,21-56H2,1-2H3. The second kappa shape index (κ2) is 56.7. The molecule has 0 saturated carbocycles. The first-order chi connectivity index (χ1) is 32.6. The molecule has 0 aromatic carbocycles. The average molecular weight is 940 g/mol. The van der Waals surface area contributed by atoms with Crippen LogP contribution in [0.3, 0.4) is 0 Å². The Balaban J connectivity index is 4.51. The van der Waals surface area contributed by atoms with Crippen LogP contribution in [0, 0.1) is 0 Å². The van der Waals surface area contributed by atoms with Gasteiger partial charge in [0.15, 0.2) is 0 Å². The number of hydrogen-bond acceptors (Lipinski definition) is 10. The first kappa shape index (κ1) is 65.1. The van der Waals surface area contributed by atoms with Gasteiger partial charge in [-0.3, -0.25) is 9.80 Å². The van der Waals surface area contributed by atoms with Gasteiger partial charge in [0.2, 0.25) is 0 Å². The molecule has 0 amide bonds. The molecule has 394 valence electrons. The van der Waals surface area contributed by atoms with E-state index in [2.05, 4.69) is 57.8 Å². The molecule has 0 aliphatic rings. The normalized spacial score (nSPS) is 12.3. The topological polar surface area (TPSA) is 112 Å². The predicted molar refractivity (Wildman–Crippen MR) is 284 cm³/mol. The number of hydrogen-bond donors (Lipinski definition) is 4. The van der Waals surface area contributed by atoms with Crippen LogP contribution in [0.2, 0.25) is 0 Å². The summed E-state index contributed by atoms with van der Waals surface area (Å²) in [7, 11) is 0. The maximum atomic E-state index is 9.45. The lowest BCUT2D eigenvalue weighted by Gasteiger charge is -2.25. The number of rotatable bonds is 57. The Morgan fingerprint density at radius 2 is 0.500 bits per heavy atom.